The van der Waals surface area contributed by atoms with Crippen LogP contribution in [0.5, 0.6) is 0 Å². The predicted octanol–water partition coefficient (Wildman–Crippen LogP) is 2.35. The van der Waals surface area contributed by atoms with E-state index < -0.39 is 18.2 Å². The molecule has 4 atom stereocenters. The lowest BCUT2D eigenvalue weighted by molar-refractivity contribution is 0.0178. The summed E-state index contributed by atoms with van der Waals surface area (Å²) in [6.07, 6.45) is -1.23. The molecule has 1 heterocycles. The maximum Gasteiger partial charge on any atom is 0.0991 e. The normalized spacial score (nSPS) is 25.9. The molecule has 0 amide bonds. The third-order valence-electron chi connectivity index (χ3n) is 5.70. The van der Waals surface area contributed by atoms with Crippen molar-refractivity contribution in [3.8, 4) is 0 Å². The summed E-state index contributed by atoms with van der Waals surface area (Å²) in [5, 5.41) is 33.4. The van der Waals surface area contributed by atoms with E-state index in [-0.39, 0.29) is 12.6 Å². The van der Waals surface area contributed by atoms with Gasteiger partial charge in [0.25, 0.3) is 0 Å². The molecule has 3 aromatic carbocycles. The molecule has 4 heteroatoms. The number of aliphatic hydroxyl groups excluding tert-OH is 3. The lowest BCUT2D eigenvalue weighted by atomic mass is 10.00. The van der Waals surface area contributed by atoms with Crippen LogP contribution in [-0.4, -0.2) is 51.1 Å². The van der Waals surface area contributed by atoms with E-state index in [2.05, 4.69) is 29.2 Å². The number of nitrogens with zero attached hydrogens (tertiary/aromatic N) is 1. The molecule has 140 valence electrons. The van der Waals surface area contributed by atoms with Crippen LogP contribution in [0, 0.1) is 0 Å². The molecular weight excluding hydrogens is 338 g/mol. The van der Waals surface area contributed by atoms with Gasteiger partial charge in [-0.3, -0.25) is 4.90 Å². The minimum atomic E-state index is -0.960. The average Bonchev–Trinajstić information content (AvgIpc) is 2.93. The predicted molar refractivity (Wildman–Crippen MR) is 106 cm³/mol. The summed E-state index contributed by atoms with van der Waals surface area (Å²) in [6, 6.07) is 23.6. The molecule has 0 bridgehead atoms. The summed E-state index contributed by atoms with van der Waals surface area (Å²) >= 11 is 0. The van der Waals surface area contributed by atoms with E-state index >= 15 is 0 Å². The molecule has 4 rings (SSSR count). The Kier molecular flexibility index (Phi) is 5.23. The molecule has 1 saturated heterocycles. The molecule has 0 spiro atoms. The standard InChI is InChI=1S/C23H25NO3/c25-15-21-23(27)22(26)20(13-16-7-2-1-3-8-16)24(21)14-18-11-6-10-17-9-4-5-12-19(17)18/h1-12,20-23,25-27H,13-15H2/t20-,21+,22-,23+/m0/s1. The van der Waals surface area contributed by atoms with Crippen LogP contribution in [0.25, 0.3) is 10.8 Å². The number of aliphatic hydroxyl groups is 3. The Morgan fingerprint density at radius 1 is 0.741 bits per heavy atom. The number of hydrogen-bond acceptors (Lipinski definition) is 4. The zero-order valence-electron chi connectivity index (χ0n) is 15.1. The first-order valence-electron chi connectivity index (χ1n) is 9.42. The second kappa shape index (κ2) is 7.79. The van der Waals surface area contributed by atoms with E-state index in [0.29, 0.717) is 13.0 Å². The number of rotatable bonds is 5. The molecular formula is C23H25NO3. The molecule has 3 N–H and O–H groups in total. The van der Waals surface area contributed by atoms with Gasteiger partial charge in [0.1, 0.15) is 0 Å². The Hall–Kier alpha value is -2.24. The molecule has 0 unspecified atom stereocenters. The molecule has 3 aromatic rings. The van der Waals surface area contributed by atoms with E-state index in [9.17, 15) is 15.3 Å². The second-order valence-corrected chi connectivity index (χ2v) is 7.30. The summed E-state index contributed by atoms with van der Waals surface area (Å²) in [7, 11) is 0. The van der Waals surface area contributed by atoms with E-state index in [1.54, 1.807) is 0 Å². The average molecular weight is 363 g/mol. The molecule has 1 aliphatic heterocycles. The lowest BCUT2D eigenvalue weighted by Crippen LogP contribution is -2.41. The largest absolute Gasteiger partial charge is 0.395 e. The van der Waals surface area contributed by atoms with Crippen molar-refractivity contribution in [3.63, 3.8) is 0 Å². The number of fused-ring (bicyclic) bond motifs is 1. The van der Waals surface area contributed by atoms with Crippen molar-refractivity contribution in [2.45, 2.75) is 37.3 Å². The first-order valence-corrected chi connectivity index (χ1v) is 9.42. The van der Waals surface area contributed by atoms with Crippen LogP contribution in [0.3, 0.4) is 0 Å². The van der Waals surface area contributed by atoms with Gasteiger partial charge < -0.3 is 15.3 Å². The third kappa shape index (κ3) is 3.49. The van der Waals surface area contributed by atoms with Gasteiger partial charge in [0.2, 0.25) is 0 Å². The highest BCUT2D eigenvalue weighted by atomic mass is 16.3. The van der Waals surface area contributed by atoms with Crippen LogP contribution in [0.15, 0.2) is 72.8 Å². The smallest absolute Gasteiger partial charge is 0.0991 e. The molecule has 1 fully saturated rings. The number of benzene rings is 3. The van der Waals surface area contributed by atoms with Gasteiger partial charge in [0.15, 0.2) is 0 Å². The van der Waals surface area contributed by atoms with Crippen LogP contribution < -0.4 is 0 Å². The minimum absolute atomic E-state index is 0.186. The van der Waals surface area contributed by atoms with E-state index in [1.807, 2.05) is 48.5 Å². The fourth-order valence-corrected chi connectivity index (χ4v) is 4.26. The highest BCUT2D eigenvalue weighted by molar-refractivity contribution is 5.85. The van der Waals surface area contributed by atoms with Crippen molar-refractivity contribution in [3.05, 3.63) is 83.9 Å². The Labute approximate surface area is 159 Å². The monoisotopic (exact) mass is 363 g/mol. The highest BCUT2D eigenvalue weighted by Gasteiger charge is 2.46. The lowest BCUT2D eigenvalue weighted by Gasteiger charge is -2.30. The summed E-state index contributed by atoms with van der Waals surface area (Å²) in [5.74, 6) is 0. The Balaban J connectivity index is 1.68. The van der Waals surface area contributed by atoms with Crippen LogP contribution in [0.4, 0.5) is 0 Å². The van der Waals surface area contributed by atoms with Crippen molar-refractivity contribution in [1.29, 1.82) is 0 Å². The zero-order valence-corrected chi connectivity index (χ0v) is 15.1. The van der Waals surface area contributed by atoms with Gasteiger partial charge in [0.05, 0.1) is 24.9 Å². The Morgan fingerprint density at radius 2 is 1.41 bits per heavy atom. The van der Waals surface area contributed by atoms with Gasteiger partial charge in [-0.25, -0.2) is 0 Å². The van der Waals surface area contributed by atoms with Gasteiger partial charge in [-0.2, -0.15) is 0 Å². The van der Waals surface area contributed by atoms with Crippen molar-refractivity contribution >= 4 is 10.8 Å². The molecule has 0 aromatic heterocycles. The van der Waals surface area contributed by atoms with E-state index in [1.165, 1.54) is 0 Å². The molecule has 4 nitrogen and oxygen atoms in total. The molecule has 27 heavy (non-hydrogen) atoms. The first kappa shape index (κ1) is 18.1. The van der Waals surface area contributed by atoms with Gasteiger partial charge in [-0.15, -0.1) is 0 Å². The number of likely N-dealkylation sites (tertiary alicyclic amines) is 1. The number of hydrogen-bond donors (Lipinski definition) is 3. The summed E-state index contributed by atoms with van der Waals surface area (Å²) in [5.41, 5.74) is 2.24. The van der Waals surface area contributed by atoms with Crippen LogP contribution in [-0.2, 0) is 13.0 Å². The fourth-order valence-electron chi connectivity index (χ4n) is 4.26. The van der Waals surface area contributed by atoms with Crippen molar-refractivity contribution in [1.82, 2.24) is 4.90 Å². The van der Waals surface area contributed by atoms with E-state index in [4.69, 9.17) is 0 Å². The van der Waals surface area contributed by atoms with Crippen molar-refractivity contribution in [2.75, 3.05) is 6.61 Å². The van der Waals surface area contributed by atoms with Crippen LogP contribution >= 0.6 is 0 Å². The van der Waals surface area contributed by atoms with Gasteiger partial charge in [0, 0.05) is 12.6 Å². The second-order valence-electron chi connectivity index (χ2n) is 7.30. The van der Waals surface area contributed by atoms with Gasteiger partial charge in [-0.05, 0) is 28.3 Å². The zero-order chi connectivity index (χ0) is 18.8. The SMILES string of the molecule is OC[C@@H]1[C@@H](O)[C@@H](O)[C@H](Cc2ccccc2)N1Cc1cccc2ccccc12. The topological polar surface area (TPSA) is 63.9 Å². The van der Waals surface area contributed by atoms with Gasteiger partial charge >= 0.3 is 0 Å². The Morgan fingerprint density at radius 3 is 2.19 bits per heavy atom. The maximum absolute atomic E-state index is 10.7. The minimum Gasteiger partial charge on any atom is -0.395 e. The van der Waals surface area contributed by atoms with Crippen LogP contribution in [0.2, 0.25) is 0 Å². The highest BCUT2D eigenvalue weighted by Crippen LogP contribution is 2.31. The van der Waals surface area contributed by atoms with Gasteiger partial charge in [-0.1, -0.05) is 72.8 Å². The maximum atomic E-state index is 10.7. The summed E-state index contributed by atoms with van der Waals surface area (Å²) in [4.78, 5) is 2.06. The molecule has 0 radical (unpaired) electrons. The fraction of sp³-hybridized carbons (Fsp3) is 0.304. The Bertz CT molecular complexity index is 893. The summed E-state index contributed by atoms with van der Waals surface area (Å²) in [6.45, 7) is 0.381. The third-order valence-corrected chi connectivity index (χ3v) is 5.70. The quantitative estimate of drug-likeness (QED) is 0.651. The molecule has 0 saturated carbocycles. The first-order chi connectivity index (χ1) is 13.2. The van der Waals surface area contributed by atoms with Crippen molar-refractivity contribution < 1.29 is 15.3 Å². The van der Waals surface area contributed by atoms with Crippen molar-refractivity contribution in [2.24, 2.45) is 0 Å². The molecule has 0 aliphatic carbocycles. The summed E-state index contributed by atoms with van der Waals surface area (Å²) < 4.78 is 0. The molecule has 1 aliphatic rings. The van der Waals surface area contributed by atoms with E-state index in [0.717, 1.165) is 21.9 Å². The van der Waals surface area contributed by atoms with Crippen LogP contribution in [0.1, 0.15) is 11.1 Å².